The van der Waals surface area contributed by atoms with E-state index in [-0.39, 0.29) is 17.4 Å². The molecule has 0 fully saturated rings. The van der Waals surface area contributed by atoms with Gasteiger partial charge in [0.1, 0.15) is 18.1 Å². The topological polar surface area (TPSA) is 55.8 Å². The first-order chi connectivity index (χ1) is 12.8. The summed E-state index contributed by atoms with van der Waals surface area (Å²) in [6.07, 6.45) is 1.67. The molecule has 0 spiro atoms. The van der Waals surface area contributed by atoms with Gasteiger partial charge < -0.3 is 9.47 Å². The average molecular weight is 390 g/mol. The average Bonchev–Trinajstić information content (AvgIpc) is 2.65. The Bertz CT molecular complexity index is 891. The zero-order valence-corrected chi connectivity index (χ0v) is 17.1. The van der Waals surface area contributed by atoms with E-state index in [0.717, 1.165) is 11.1 Å². The molecule has 0 saturated carbocycles. The summed E-state index contributed by atoms with van der Waals surface area (Å²) < 4.78 is 38.2. The number of methoxy groups -OCH3 is 1. The fraction of sp³-hybridized carbons (Fsp3) is 0.333. The summed E-state index contributed by atoms with van der Waals surface area (Å²) in [5, 5.41) is 0. The Morgan fingerprint density at radius 1 is 1.19 bits per heavy atom. The maximum Gasteiger partial charge on any atom is 0.243 e. The molecule has 6 heteroatoms. The van der Waals surface area contributed by atoms with Crippen molar-refractivity contribution < 1.29 is 17.9 Å². The van der Waals surface area contributed by atoms with E-state index < -0.39 is 10.0 Å². The molecule has 5 nitrogen and oxygen atoms in total. The van der Waals surface area contributed by atoms with E-state index in [0.29, 0.717) is 18.1 Å². The van der Waals surface area contributed by atoms with Crippen LogP contribution in [0.3, 0.4) is 0 Å². The van der Waals surface area contributed by atoms with Crippen molar-refractivity contribution in [2.45, 2.75) is 31.2 Å². The van der Waals surface area contributed by atoms with Gasteiger partial charge in [-0.15, -0.1) is 0 Å². The van der Waals surface area contributed by atoms with E-state index in [9.17, 15) is 8.42 Å². The molecule has 2 rings (SSSR count). The Morgan fingerprint density at radius 2 is 1.93 bits per heavy atom. The molecular weight excluding hydrogens is 362 g/mol. The molecule has 2 aromatic carbocycles. The SMILES string of the molecule is C=CCOc1cccc(CN(C)S(=O)(=O)c2ccc(OC)c(C(C)C)c2)c1. The molecule has 0 aliphatic heterocycles. The van der Waals surface area contributed by atoms with Crippen LogP contribution in [0.25, 0.3) is 0 Å². The van der Waals surface area contributed by atoms with E-state index >= 15 is 0 Å². The van der Waals surface area contributed by atoms with Gasteiger partial charge in [-0.3, -0.25) is 0 Å². The van der Waals surface area contributed by atoms with E-state index in [2.05, 4.69) is 6.58 Å². The Morgan fingerprint density at radius 3 is 2.56 bits per heavy atom. The molecule has 0 aliphatic carbocycles. The van der Waals surface area contributed by atoms with Gasteiger partial charge in [0.15, 0.2) is 0 Å². The predicted octanol–water partition coefficient (Wildman–Crippen LogP) is 4.20. The highest BCUT2D eigenvalue weighted by Gasteiger charge is 2.23. The summed E-state index contributed by atoms with van der Waals surface area (Å²) in [5.41, 5.74) is 1.71. The molecule has 0 radical (unpaired) electrons. The van der Waals surface area contributed by atoms with Gasteiger partial charge in [0.2, 0.25) is 10.0 Å². The summed E-state index contributed by atoms with van der Waals surface area (Å²) in [5.74, 6) is 1.53. The first kappa shape index (κ1) is 21.0. The molecule has 0 aromatic heterocycles. The van der Waals surface area contributed by atoms with Crippen molar-refractivity contribution in [3.05, 3.63) is 66.2 Å². The molecule has 27 heavy (non-hydrogen) atoms. The molecule has 0 saturated heterocycles. The highest BCUT2D eigenvalue weighted by Crippen LogP contribution is 2.30. The third-order valence-corrected chi connectivity index (χ3v) is 6.00. The summed E-state index contributed by atoms with van der Waals surface area (Å²) in [6.45, 7) is 8.29. The third kappa shape index (κ3) is 5.11. The fourth-order valence-corrected chi connectivity index (χ4v) is 3.93. The molecular formula is C21H27NO4S. The minimum atomic E-state index is -3.63. The van der Waals surface area contributed by atoms with Gasteiger partial charge in [-0.05, 0) is 47.4 Å². The molecule has 2 aromatic rings. The second-order valence-corrected chi connectivity index (χ2v) is 8.61. The highest BCUT2D eigenvalue weighted by atomic mass is 32.2. The largest absolute Gasteiger partial charge is 0.496 e. The molecule has 0 heterocycles. The first-order valence-corrected chi connectivity index (χ1v) is 10.2. The lowest BCUT2D eigenvalue weighted by molar-refractivity contribution is 0.362. The number of rotatable bonds is 9. The Balaban J connectivity index is 2.26. The molecule has 0 amide bonds. The van der Waals surface area contributed by atoms with Gasteiger partial charge in [0.25, 0.3) is 0 Å². The summed E-state index contributed by atoms with van der Waals surface area (Å²) in [7, 11) is -0.466. The van der Waals surface area contributed by atoms with Crippen molar-refractivity contribution in [2.24, 2.45) is 0 Å². The molecule has 0 unspecified atom stereocenters. The first-order valence-electron chi connectivity index (χ1n) is 8.76. The van der Waals surface area contributed by atoms with E-state index in [1.807, 2.05) is 38.1 Å². The van der Waals surface area contributed by atoms with Crippen LogP contribution in [0.2, 0.25) is 0 Å². The summed E-state index contributed by atoms with van der Waals surface area (Å²) >= 11 is 0. The maximum absolute atomic E-state index is 13.0. The van der Waals surface area contributed by atoms with Crippen LogP contribution in [0.4, 0.5) is 0 Å². The zero-order valence-electron chi connectivity index (χ0n) is 16.3. The van der Waals surface area contributed by atoms with Gasteiger partial charge in [0.05, 0.1) is 12.0 Å². The lowest BCUT2D eigenvalue weighted by atomic mass is 10.0. The van der Waals surface area contributed by atoms with Crippen molar-refractivity contribution in [2.75, 3.05) is 20.8 Å². The van der Waals surface area contributed by atoms with Crippen molar-refractivity contribution in [3.8, 4) is 11.5 Å². The Kier molecular flexibility index (Phi) is 7.05. The molecule has 0 atom stereocenters. The van der Waals surface area contributed by atoms with Crippen LogP contribution in [0.15, 0.2) is 60.0 Å². The van der Waals surface area contributed by atoms with Gasteiger partial charge >= 0.3 is 0 Å². The lowest BCUT2D eigenvalue weighted by Crippen LogP contribution is -2.26. The van der Waals surface area contributed by atoms with Crippen LogP contribution in [-0.4, -0.2) is 33.5 Å². The predicted molar refractivity (Wildman–Crippen MR) is 108 cm³/mol. The highest BCUT2D eigenvalue weighted by molar-refractivity contribution is 7.89. The number of benzene rings is 2. The van der Waals surface area contributed by atoms with Crippen molar-refractivity contribution >= 4 is 10.0 Å². The van der Waals surface area contributed by atoms with Gasteiger partial charge in [0, 0.05) is 13.6 Å². The third-order valence-electron chi connectivity index (χ3n) is 4.20. The standard InChI is InChI=1S/C21H27NO4S/c1-6-12-26-18-9-7-8-17(13-18)15-22(4)27(23,24)19-10-11-21(25-5)20(14-19)16(2)3/h6-11,13-14,16H,1,12,15H2,2-5H3. The number of nitrogens with zero attached hydrogens (tertiary/aromatic N) is 1. The monoisotopic (exact) mass is 389 g/mol. The lowest BCUT2D eigenvalue weighted by Gasteiger charge is -2.20. The number of hydrogen-bond acceptors (Lipinski definition) is 4. The quantitative estimate of drug-likeness (QED) is 0.603. The van der Waals surface area contributed by atoms with Crippen molar-refractivity contribution in [1.82, 2.24) is 4.31 Å². The van der Waals surface area contributed by atoms with Crippen LogP contribution in [0, 0.1) is 0 Å². The Labute approximate surface area is 162 Å². The number of hydrogen-bond donors (Lipinski definition) is 0. The van der Waals surface area contributed by atoms with Gasteiger partial charge in [-0.2, -0.15) is 4.31 Å². The summed E-state index contributed by atoms with van der Waals surface area (Å²) in [4.78, 5) is 0.258. The van der Waals surface area contributed by atoms with Crippen LogP contribution in [-0.2, 0) is 16.6 Å². The minimum Gasteiger partial charge on any atom is -0.496 e. The van der Waals surface area contributed by atoms with E-state index in [1.54, 1.807) is 38.4 Å². The molecule has 146 valence electrons. The number of sulfonamides is 1. The second-order valence-electron chi connectivity index (χ2n) is 6.57. The zero-order chi connectivity index (χ0) is 20.0. The van der Waals surface area contributed by atoms with Gasteiger partial charge in [-0.1, -0.05) is 38.6 Å². The maximum atomic E-state index is 13.0. The minimum absolute atomic E-state index is 0.152. The van der Waals surface area contributed by atoms with Crippen LogP contribution in [0.1, 0.15) is 30.9 Å². The molecule has 0 bridgehead atoms. The van der Waals surface area contributed by atoms with E-state index in [4.69, 9.17) is 9.47 Å². The van der Waals surface area contributed by atoms with Crippen LogP contribution < -0.4 is 9.47 Å². The molecule has 0 N–H and O–H groups in total. The van der Waals surface area contributed by atoms with E-state index in [1.165, 1.54) is 4.31 Å². The smallest absolute Gasteiger partial charge is 0.243 e. The van der Waals surface area contributed by atoms with Gasteiger partial charge in [-0.25, -0.2) is 8.42 Å². The number of ether oxygens (including phenoxy) is 2. The summed E-state index contributed by atoms with van der Waals surface area (Å²) in [6, 6.07) is 12.4. The fourth-order valence-electron chi connectivity index (χ4n) is 2.73. The second kappa shape index (κ2) is 9.06. The normalized spacial score (nSPS) is 11.6. The molecule has 0 aliphatic rings. The van der Waals surface area contributed by atoms with Crippen molar-refractivity contribution in [1.29, 1.82) is 0 Å². The van der Waals surface area contributed by atoms with Crippen LogP contribution in [0.5, 0.6) is 11.5 Å². The van der Waals surface area contributed by atoms with Crippen LogP contribution >= 0.6 is 0 Å². The Hall–Kier alpha value is -2.31. The van der Waals surface area contributed by atoms with Crippen molar-refractivity contribution in [3.63, 3.8) is 0 Å².